The molecule has 0 aliphatic heterocycles. The summed E-state index contributed by atoms with van der Waals surface area (Å²) in [4.78, 5) is 7.61. The summed E-state index contributed by atoms with van der Waals surface area (Å²) >= 11 is 5.59. The number of hydrogen-bond donors (Lipinski definition) is 1. The van der Waals surface area contributed by atoms with Crippen molar-refractivity contribution in [1.82, 2.24) is 9.97 Å². The molecule has 0 spiro atoms. The fourth-order valence-electron chi connectivity index (χ4n) is 0.836. The first kappa shape index (κ1) is 9.80. The van der Waals surface area contributed by atoms with Crippen LogP contribution < -0.4 is 5.73 Å². The number of anilines is 1. The maximum atomic E-state index is 5.60. The molecule has 0 radical (unpaired) electrons. The molecule has 70 valence electrons. The number of ether oxygens (including phenoxy) is 1. The molecule has 0 fully saturated rings. The molecule has 1 aromatic rings. The zero-order chi connectivity index (χ0) is 9.84. The summed E-state index contributed by atoms with van der Waals surface area (Å²) in [6, 6.07) is 0. The van der Waals surface area contributed by atoms with Crippen molar-refractivity contribution < 1.29 is 4.74 Å². The molecule has 1 rings (SSSR count). The van der Waals surface area contributed by atoms with Crippen LogP contribution in [0.5, 0.6) is 0 Å². The van der Waals surface area contributed by atoms with Gasteiger partial charge in [0.05, 0.1) is 18.5 Å². The first-order chi connectivity index (χ1) is 6.15. The molecule has 0 atom stereocenters. The minimum atomic E-state index is 0.130. The highest BCUT2D eigenvalue weighted by Gasteiger charge is 2.07. The van der Waals surface area contributed by atoms with E-state index >= 15 is 0 Å². The zero-order valence-electron chi connectivity index (χ0n) is 7.25. The van der Waals surface area contributed by atoms with Crippen molar-refractivity contribution in [3.8, 4) is 0 Å². The highest BCUT2D eigenvalue weighted by Crippen LogP contribution is 2.18. The molecule has 0 aliphatic rings. The second-order valence-electron chi connectivity index (χ2n) is 2.30. The Balaban J connectivity index is 2.99. The van der Waals surface area contributed by atoms with E-state index in [1.165, 1.54) is 6.20 Å². The van der Waals surface area contributed by atoms with Crippen LogP contribution in [0.3, 0.4) is 0 Å². The molecule has 1 aromatic heterocycles. The molecule has 2 N–H and O–H groups in total. The fraction of sp³-hybridized carbons (Fsp3) is 0.250. The zero-order valence-corrected chi connectivity index (χ0v) is 8.01. The maximum Gasteiger partial charge on any atom is 0.223 e. The average molecular weight is 200 g/mol. The normalized spacial score (nSPS) is 9.69. The largest absolute Gasteiger partial charge is 0.492 e. The van der Waals surface area contributed by atoms with Crippen LogP contribution in [-0.2, 0) is 4.74 Å². The fourth-order valence-corrected chi connectivity index (χ4v) is 0.969. The van der Waals surface area contributed by atoms with Crippen molar-refractivity contribution in [2.45, 2.75) is 6.92 Å². The monoisotopic (exact) mass is 199 g/mol. The molecule has 4 nitrogen and oxygen atoms in total. The minimum Gasteiger partial charge on any atom is -0.492 e. The predicted molar refractivity (Wildman–Crippen MR) is 52.1 cm³/mol. The van der Waals surface area contributed by atoms with Crippen molar-refractivity contribution in [2.24, 2.45) is 0 Å². The summed E-state index contributed by atoms with van der Waals surface area (Å²) in [5.74, 6) is 0.407. The molecule has 5 heteroatoms. The molecular formula is C8H10ClN3O. The standard InChI is InChI=1S/C8H10ClN3O/c1-3-13-5(2)7-6(10)4-11-8(9)12-7/h4H,2-3,10H2,1H3. The van der Waals surface area contributed by atoms with Gasteiger partial charge in [-0.2, -0.15) is 0 Å². The SMILES string of the molecule is C=C(OCC)c1nc(Cl)ncc1N. The number of rotatable bonds is 3. The summed E-state index contributed by atoms with van der Waals surface area (Å²) in [7, 11) is 0. The van der Waals surface area contributed by atoms with Crippen molar-refractivity contribution in [1.29, 1.82) is 0 Å². The van der Waals surface area contributed by atoms with Crippen molar-refractivity contribution in [3.05, 3.63) is 23.8 Å². The van der Waals surface area contributed by atoms with Gasteiger partial charge in [-0.1, -0.05) is 6.58 Å². The summed E-state index contributed by atoms with van der Waals surface area (Å²) in [5.41, 5.74) is 6.45. The lowest BCUT2D eigenvalue weighted by Gasteiger charge is -2.07. The van der Waals surface area contributed by atoms with Crippen LogP contribution in [0.1, 0.15) is 12.6 Å². The molecule has 0 unspecified atom stereocenters. The van der Waals surface area contributed by atoms with Gasteiger partial charge in [-0.25, -0.2) is 9.97 Å². The van der Waals surface area contributed by atoms with Crippen molar-refractivity contribution >= 4 is 23.0 Å². The maximum absolute atomic E-state index is 5.60. The molecule has 0 aromatic carbocycles. The van der Waals surface area contributed by atoms with E-state index < -0.39 is 0 Å². The van der Waals surface area contributed by atoms with Crippen LogP contribution in [0.2, 0.25) is 5.28 Å². The Kier molecular flexibility index (Phi) is 3.08. The van der Waals surface area contributed by atoms with Gasteiger partial charge in [-0.3, -0.25) is 0 Å². The van der Waals surface area contributed by atoms with E-state index in [-0.39, 0.29) is 5.28 Å². The number of nitrogens with two attached hydrogens (primary N) is 1. The second-order valence-corrected chi connectivity index (χ2v) is 2.64. The summed E-state index contributed by atoms with van der Waals surface area (Å²) in [6.07, 6.45) is 1.43. The lowest BCUT2D eigenvalue weighted by atomic mass is 10.3. The lowest BCUT2D eigenvalue weighted by molar-refractivity contribution is 0.298. The predicted octanol–water partition coefficient (Wildman–Crippen LogP) is 1.72. The third kappa shape index (κ3) is 2.32. The first-order valence-corrected chi connectivity index (χ1v) is 4.13. The van der Waals surface area contributed by atoms with Gasteiger partial charge in [-0.05, 0) is 18.5 Å². The number of nitrogen functional groups attached to an aromatic ring is 1. The van der Waals surface area contributed by atoms with Gasteiger partial charge < -0.3 is 10.5 Å². The van der Waals surface area contributed by atoms with Gasteiger partial charge in [0.25, 0.3) is 0 Å². The molecule has 1 heterocycles. The molecule has 0 aliphatic carbocycles. The summed E-state index contributed by atoms with van der Waals surface area (Å²) in [5, 5.41) is 0.130. The van der Waals surface area contributed by atoms with Gasteiger partial charge in [-0.15, -0.1) is 0 Å². The van der Waals surface area contributed by atoms with Gasteiger partial charge in [0.1, 0.15) is 11.5 Å². The third-order valence-electron chi connectivity index (χ3n) is 1.37. The van der Waals surface area contributed by atoms with E-state index in [2.05, 4.69) is 16.5 Å². The Morgan fingerprint density at radius 1 is 1.77 bits per heavy atom. The van der Waals surface area contributed by atoms with Crippen LogP contribution in [-0.4, -0.2) is 16.6 Å². The smallest absolute Gasteiger partial charge is 0.223 e. The van der Waals surface area contributed by atoms with E-state index in [1.54, 1.807) is 0 Å². The lowest BCUT2D eigenvalue weighted by Crippen LogP contribution is -2.01. The number of hydrogen-bond acceptors (Lipinski definition) is 4. The van der Waals surface area contributed by atoms with E-state index in [9.17, 15) is 0 Å². The number of nitrogens with zero attached hydrogens (tertiary/aromatic N) is 2. The molecular weight excluding hydrogens is 190 g/mol. The number of aromatic nitrogens is 2. The van der Waals surface area contributed by atoms with Crippen LogP contribution >= 0.6 is 11.6 Å². The van der Waals surface area contributed by atoms with Crippen LogP contribution in [0, 0.1) is 0 Å². The van der Waals surface area contributed by atoms with Crippen LogP contribution in [0.15, 0.2) is 12.8 Å². The topological polar surface area (TPSA) is 61.0 Å². The molecule has 13 heavy (non-hydrogen) atoms. The third-order valence-corrected chi connectivity index (χ3v) is 1.55. The van der Waals surface area contributed by atoms with Gasteiger partial charge in [0.15, 0.2) is 0 Å². The Morgan fingerprint density at radius 3 is 3.08 bits per heavy atom. The Labute approximate surface area is 81.4 Å². The highest BCUT2D eigenvalue weighted by molar-refractivity contribution is 6.28. The average Bonchev–Trinajstić information content (AvgIpc) is 2.09. The van der Waals surface area contributed by atoms with E-state index in [0.717, 1.165) is 0 Å². The Morgan fingerprint density at radius 2 is 2.46 bits per heavy atom. The molecule has 0 saturated carbocycles. The minimum absolute atomic E-state index is 0.130. The molecule has 0 bridgehead atoms. The Hall–Kier alpha value is -1.29. The summed E-state index contributed by atoms with van der Waals surface area (Å²) in [6.45, 7) is 6.03. The molecule has 0 saturated heterocycles. The number of halogens is 1. The molecule has 0 amide bonds. The van der Waals surface area contributed by atoms with Crippen LogP contribution in [0.25, 0.3) is 5.76 Å². The Bertz CT molecular complexity index is 327. The highest BCUT2D eigenvalue weighted by atomic mass is 35.5. The van der Waals surface area contributed by atoms with Gasteiger partial charge >= 0.3 is 0 Å². The van der Waals surface area contributed by atoms with E-state index in [4.69, 9.17) is 22.1 Å². The first-order valence-electron chi connectivity index (χ1n) is 3.75. The van der Waals surface area contributed by atoms with Gasteiger partial charge in [0, 0.05) is 0 Å². The van der Waals surface area contributed by atoms with Crippen molar-refractivity contribution in [3.63, 3.8) is 0 Å². The van der Waals surface area contributed by atoms with Crippen LogP contribution in [0.4, 0.5) is 5.69 Å². The van der Waals surface area contributed by atoms with Crippen molar-refractivity contribution in [2.75, 3.05) is 12.3 Å². The van der Waals surface area contributed by atoms with E-state index in [0.29, 0.717) is 23.7 Å². The van der Waals surface area contributed by atoms with E-state index in [1.807, 2.05) is 6.92 Å². The second kappa shape index (κ2) is 4.09. The van der Waals surface area contributed by atoms with Gasteiger partial charge in [0.2, 0.25) is 5.28 Å². The quantitative estimate of drug-likeness (QED) is 0.595. The summed E-state index contributed by atoms with van der Waals surface area (Å²) < 4.78 is 5.14.